The number of carbonyl (C=O) groups is 1. The first-order valence-corrected chi connectivity index (χ1v) is 8.64. The van der Waals surface area contributed by atoms with Crippen LogP contribution in [0.4, 0.5) is 0 Å². The molecule has 0 aliphatic heterocycles. The van der Waals surface area contributed by atoms with Gasteiger partial charge in [-0.05, 0) is 30.6 Å². The van der Waals surface area contributed by atoms with Crippen LogP contribution in [-0.2, 0) is 9.22 Å². The molecule has 0 saturated carbocycles. The standard InChI is InChI=1S/C12H25NO2Si/c1-12(2,3)16(5,6)15-10-8-7-9-11(14)13-4/h7,9H,8,10H2,1-6H3,(H,13,14)/b9-7+. The maximum absolute atomic E-state index is 10.9. The van der Waals surface area contributed by atoms with Gasteiger partial charge in [-0.2, -0.15) is 0 Å². The van der Waals surface area contributed by atoms with Crippen molar-refractivity contribution in [3.63, 3.8) is 0 Å². The molecule has 0 atom stereocenters. The lowest BCUT2D eigenvalue weighted by Gasteiger charge is -2.36. The van der Waals surface area contributed by atoms with Crippen LogP contribution in [0.3, 0.4) is 0 Å². The van der Waals surface area contributed by atoms with E-state index in [2.05, 4.69) is 39.2 Å². The molecule has 0 aromatic carbocycles. The molecule has 3 nitrogen and oxygen atoms in total. The second kappa shape index (κ2) is 6.20. The lowest BCUT2D eigenvalue weighted by Crippen LogP contribution is -2.40. The van der Waals surface area contributed by atoms with Crippen molar-refractivity contribution in [2.24, 2.45) is 0 Å². The number of hydrogen-bond donors (Lipinski definition) is 1. The highest BCUT2D eigenvalue weighted by Crippen LogP contribution is 2.36. The van der Waals surface area contributed by atoms with Crippen LogP contribution in [0, 0.1) is 0 Å². The van der Waals surface area contributed by atoms with E-state index in [9.17, 15) is 4.79 Å². The van der Waals surface area contributed by atoms with Gasteiger partial charge in [0.25, 0.3) is 0 Å². The lowest BCUT2D eigenvalue weighted by atomic mass is 10.2. The van der Waals surface area contributed by atoms with Crippen LogP contribution in [0.1, 0.15) is 27.2 Å². The van der Waals surface area contributed by atoms with Crippen LogP contribution < -0.4 is 5.32 Å². The fraction of sp³-hybridized carbons (Fsp3) is 0.750. The Labute approximate surface area is 100 Å². The smallest absolute Gasteiger partial charge is 0.243 e. The lowest BCUT2D eigenvalue weighted by molar-refractivity contribution is -0.116. The number of hydrogen-bond acceptors (Lipinski definition) is 2. The summed E-state index contributed by atoms with van der Waals surface area (Å²) in [5.41, 5.74) is 0. The predicted molar refractivity (Wildman–Crippen MR) is 71.0 cm³/mol. The third kappa shape index (κ3) is 5.46. The van der Waals surface area contributed by atoms with Crippen molar-refractivity contribution in [2.75, 3.05) is 13.7 Å². The van der Waals surface area contributed by atoms with Gasteiger partial charge in [0.05, 0.1) is 0 Å². The Bertz CT molecular complexity index is 254. The van der Waals surface area contributed by atoms with Gasteiger partial charge in [-0.3, -0.25) is 4.79 Å². The normalized spacial score (nSPS) is 13.1. The van der Waals surface area contributed by atoms with Gasteiger partial charge in [0.15, 0.2) is 8.32 Å². The molecule has 1 N–H and O–H groups in total. The summed E-state index contributed by atoms with van der Waals surface area (Å²) in [4.78, 5) is 10.9. The second-order valence-electron chi connectivity index (χ2n) is 5.41. The predicted octanol–water partition coefficient (Wildman–Crippen LogP) is 2.70. The maximum atomic E-state index is 10.9. The van der Waals surface area contributed by atoms with Gasteiger partial charge < -0.3 is 9.74 Å². The molecule has 1 amide bonds. The average Bonchev–Trinajstić information content (AvgIpc) is 2.15. The van der Waals surface area contributed by atoms with Crippen LogP contribution in [-0.4, -0.2) is 27.9 Å². The number of carbonyl (C=O) groups excluding carboxylic acids is 1. The second-order valence-corrected chi connectivity index (χ2v) is 10.2. The summed E-state index contributed by atoms with van der Waals surface area (Å²) in [6.45, 7) is 11.8. The Balaban J connectivity index is 3.91. The molecular weight excluding hydrogens is 218 g/mol. The zero-order valence-electron chi connectivity index (χ0n) is 11.4. The molecule has 0 saturated heterocycles. The minimum Gasteiger partial charge on any atom is -0.417 e. The molecule has 0 fully saturated rings. The largest absolute Gasteiger partial charge is 0.417 e. The molecule has 0 aromatic rings. The Morgan fingerprint density at radius 2 is 1.94 bits per heavy atom. The molecule has 0 aromatic heterocycles. The van der Waals surface area contributed by atoms with E-state index in [-0.39, 0.29) is 10.9 Å². The minimum absolute atomic E-state index is 0.0627. The van der Waals surface area contributed by atoms with E-state index in [0.29, 0.717) is 6.61 Å². The van der Waals surface area contributed by atoms with E-state index >= 15 is 0 Å². The number of nitrogens with one attached hydrogen (secondary N) is 1. The molecule has 94 valence electrons. The molecule has 0 aliphatic rings. The van der Waals surface area contributed by atoms with Gasteiger partial charge in [-0.25, -0.2) is 0 Å². The van der Waals surface area contributed by atoms with Crippen molar-refractivity contribution in [3.8, 4) is 0 Å². The Morgan fingerprint density at radius 3 is 2.38 bits per heavy atom. The van der Waals surface area contributed by atoms with E-state index in [4.69, 9.17) is 4.43 Å². The molecule has 0 bridgehead atoms. The van der Waals surface area contributed by atoms with Crippen molar-refractivity contribution < 1.29 is 9.22 Å². The fourth-order valence-electron chi connectivity index (χ4n) is 0.872. The van der Waals surface area contributed by atoms with Crippen LogP contribution >= 0.6 is 0 Å². The summed E-state index contributed by atoms with van der Waals surface area (Å²) in [6, 6.07) is 0. The van der Waals surface area contributed by atoms with Gasteiger partial charge >= 0.3 is 0 Å². The Morgan fingerprint density at radius 1 is 1.38 bits per heavy atom. The van der Waals surface area contributed by atoms with E-state index < -0.39 is 8.32 Å². The van der Waals surface area contributed by atoms with E-state index in [1.165, 1.54) is 0 Å². The van der Waals surface area contributed by atoms with Gasteiger partial charge in [0.1, 0.15) is 0 Å². The van der Waals surface area contributed by atoms with Crippen molar-refractivity contribution in [1.82, 2.24) is 5.32 Å². The zero-order chi connectivity index (χ0) is 12.8. The SMILES string of the molecule is CNC(=O)/C=C/CCO[Si](C)(C)C(C)(C)C. The minimum atomic E-state index is -1.62. The van der Waals surface area contributed by atoms with Crippen molar-refractivity contribution in [2.45, 2.75) is 45.3 Å². The van der Waals surface area contributed by atoms with Gasteiger partial charge in [-0.15, -0.1) is 0 Å². The zero-order valence-corrected chi connectivity index (χ0v) is 12.4. The summed E-state index contributed by atoms with van der Waals surface area (Å²) < 4.78 is 5.97. The number of amides is 1. The van der Waals surface area contributed by atoms with E-state index in [1.54, 1.807) is 13.1 Å². The van der Waals surface area contributed by atoms with Crippen molar-refractivity contribution >= 4 is 14.2 Å². The van der Waals surface area contributed by atoms with E-state index in [0.717, 1.165) is 6.42 Å². The number of rotatable bonds is 5. The summed E-state index contributed by atoms with van der Waals surface area (Å²) in [7, 11) is -0.00102. The first kappa shape index (κ1) is 15.4. The summed E-state index contributed by atoms with van der Waals surface area (Å²) >= 11 is 0. The highest BCUT2D eigenvalue weighted by atomic mass is 28.4. The first-order chi connectivity index (χ1) is 7.20. The van der Waals surface area contributed by atoms with Crippen LogP contribution in [0.5, 0.6) is 0 Å². The molecule has 0 rings (SSSR count). The van der Waals surface area contributed by atoms with Gasteiger partial charge in [-0.1, -0.05) is 26.8 Å². The number of likely N-dealkylation sites (N-methyl/N-ethyl adjacent to an activating group) is 1. The first-order valence-electron chi connectivity index (χ1n) is 5.73. The third-order valence-corrected chi connectivity index (χ3v) is 7.61. The Hall–Kier alpha value is -0.613. The summed E-state index contributed by atoms with van der Waals surface area (Å²) in [5.74, 6) is -0.0627. The van der Waals surface area contributed by atoms with Gasteiger partial charge in [0, 0.05) is 13.7 Å². The third-order valence-electron chi connectivity index (χ3n) is 3.07. The highest BCUT2D eigenvalue weighted by molar-refractivity contribution is 6.74. The average molecular weight is 243 g/mol. The molecule has 0 heterocycles. The molecule has 0 aliphatic carbocycles. The maximum Gasteiger partial charge on any atom is 0.243 e. The van der Waals surface area contributed by atoms with Crippen molar-refractivity contribution in [3.05, 3.63) is 12.2 Å². The van der Waals surface area contributed by atoms with Crippen LogP contribution in [0.25, 0.3) is 0 Å². The topological polar surface area (TPSA) is 38.3 Å². The Kier molecular flexibility index (Phi) is 5.97. The van der Waals surface area contributed by atoms with Gasteiger partial charge in [0.2, 0.25) is 5.91 Å². The monoisotopic (exact) mass is 243 g/mol. The molecule has 4 heteroatoms. The quantitative estimate of drug-likeness (QED) is 0.458. The molecule has 0 radical (unpaired) electrons. The summed E-state index contributed by atoms with van der Waals surface area (Å²) in [5, 5.41) is 2.79. The highest BCUT2D eigenvalue weighted by Gasteiger charge is 2.36. The van der Waals surface area contributed by atoms with Crippen molar-refractivity contribution in [1.29, 1.82) is 0 Å². The molecular formula is C12H25NO2Si. The van der Waals surface area contributed by atoms with E-state index in [1.807, 2.05) is 6.08 Å². The molecule has 0 spiro atoms. The van der Waals surface area contributed by atoms with Crippen LogP contribution in [0.15, 0.2) is 12.2 Å². The fourth-order valence-corrected chi connectivity index (χ4v) is 1.93. The molecule has 0 unspecified atom stereocenters. The summed E-state index contributed by atoms with van der Waals surface area (Å²) in [6.07, 6.45) is 4.20. The molecule has 16 heavy (non-hydrogen) atoms. The van der Waals surface area contributed by atoms with Crippen LogP contribution in [0.2, 0.25) is 18.1 Å².